The van der Waals surface area contributed by atoms with E-state index in [2.05, 4.69) is 26.0 Å². The molecule has 0 saturated carbocycles. The van der Waals surface area contributed by atoms with Gasteiger partial charge in [0.1, 0.15) is 11.5 Å². The third kappa shape index (κ3) is 6.15. The molecule has 0 aliphatic carbocycles. The molecule has 1 N–H and O–H groups in total. The molecule has 0 saturated heterocycles. The highest BCUT2D eigenvalue weighted by atomic mass is 79.9. The third-order valence-electron chi connectivity index (χ3n) is 2.96. The highest BCUT2D eigenvalue weighted by Gasteiger charge is 2.30. The van der Waals surface area contributed by atoms with Gasteiger partial charge >= 0.3 is 6.36 Å². The van der Waals surface area contributed by atoms with E-state index in [-0.39, 0.29) is 5.75 Å². The van der Waals surface area contributed by atoms with Gasteiger partial charge in [-0.15, -0.1) is 13.2 Å². The molecule has 0 aliphatic rings. The number of hydrogen-bond donors (Lipinski definition) is 1. The number of carbonyl (C=O) groups excluding carboxylic acids is 1. The topological polar surface area (TPSA) is 47.6 Å². The van der Waals surface area contributed by atoms with Crippen molar-refractivity contribution in [3.05, 3.63) is 58.6 Å². The second kappa shape index (κ2) is 8.06. The summed E-state index contributed by atoms with van der Waals surface area (Å²) in [5.41, 5.74) is 1.03. The molecule has 0 fully saturated rings. The molecular weight excluding hydrogens is 403 g/mol. The van der Waals surface area contributed by atoms with Crippen LogP contribution in [0.2, 0.25) is 0 Å². The van der Waals surface area contributed by atoms with Gasteiger partial charge in [0.05, 0.1) is 7.11 Å². The predicted octanol–water partition coefficient (Wildman–Crippen LogP) is 5.01. The zero-order chi connectivity index (χ0) is 18.4. The monoisotopic (exact) mass is 415 g/mol. The highest BCUT2D eigenvalue weighted by Crippen LogP contribution is 2.25. The van der Waals surface area contributed by atoms with Gasteiger partial charge in [-0.2, -0.15) is 0 Å². The van der Waals surface area contributed by atoms with E-state index in [0.29, 0.717) is 17.0 Å². The molecular formula is C17H13BrF3NO3. The molecule has 4 nitrogen and oxygen atoms in total. The van der Waals surface area contributed by atoms with Crippen molar-refractivity contribution in [3.63, 3.8) is 0 Å². The number of hydrogen-bond acceptors (Lipinski definition) is 3. The fraction of sp³-hybridized carbons (Fsp3) is 0.118. The van der Waals surface area contributed by atoms with Crippen LogP contribution >= 0.6 is 15.9 Å². The summed E-state index contributed by atoms with van der Waals surface area (Å²) in [5, 5.41) is 2.54. The van der Waals surface area contributed by atoms with Crippen LogP contribution in [0.3, 0.4) is 0 Å². The van der Waals surface area contributed by atoms with Crippen LogP contribution in [0.4, 0.5) is 18.9 Å². The van der Waals surface area contributed by atoms with Crippen LogP contribution in [-0.2, 0) is 4.79 Å². The Morgan fingerprint density at radius 2 is 1.84 bits per heavy atom. The molecule has 0 aromatic heterocycles. The number of methoxy groups -OCH3 is 1. The summed E-state index contributed by atoms with van der Waals surface area (Å²) in [6.45, 7) is 0. The van der Waals surface area contributed by atoms with Crippen LogP contribution in [0.15, 0.2) is 53.0 Å². The summed E-state index contributed by atoms with van der Waals surface area (Å²) in [5.74, 6) is -0.202. The molecule has 1 amide bonds. The van der Waals surface area contributed by atoms with E-state index in [1.54, 1.807) is 24.3 Å². The maximum absolute atomic E-state index is 12.1. The van der Waals surface area contributed by atoms with E-state index >= 15 is 0 Å². The number of rotatable bonds is 5. The summed E-state index contributed by atoms with van der Waals surface area (Å²) >= 11 is 3.33. The largest absolute Gasteiger partial charge is 0.573 e. The van der Waals surface area contributed by atoms with Crippen molar-refractivity contribution in [2.75, 3.05) is 12.4 Å². The Balaban J connectivity index is 2.02. The molecule has 2 rings (SSSR count). The zero-order valence-corrected chi connectivity index (χ0v) is 14.5. The summed E-state index contributed by atoms with van der Waals surface area (Å²) in [7, 11) is 1.52. The fourth-order valence-electron chi connectivity index (χ4n) is 1.92. The van der Waals surface area contributed by atoms with Crippen molar-refractivity contribution < 1.29 is 27.4 Å². The molecule has 0 spiro atoms. The van der Waals surface area contributed by atoms with Crippen LogP contribution < -0.4 is 14.8 Å². The normalized spacial score (nSPS) is 11.4. The molecule has 8 heteroatoms. The van der Waals surface area contributed by atoms with Gasteiger partial charge < -0.3 is 14.8 Å². The molecule has 0 bridgehead atoms. The summed E-state index contributed by atoms with van der Waals surface area (Å²) in [4.78, 5) is 11.9. The number of benzene rings is 2. The molecule has 0 unspecified atom stereocenters. The van der Waals surface area contributed by atoms with Crippen molar-refractivity contribution in [1.82, 2.24) is 0 Å². The lowest BCUT2D eigenvalue weighted by atomic mass is 10.2. The van der Waals surface area contributed by atoms with E-state index in [0.717, 1.165) is 16.6 Å². The van der Waals surface area contributed by atoms with E-state index < -0.39 is 12.3 Å². The van der Waals surface area contributed by atoms with Crippen molar-refractivity contribution >= 4 is 33.6 Å². The first-order valence-corrected chi connectivity index (χ1v) is 7.74. The van der Waals surface area contributed by atoms with E-state index in [1.165, 1.54) is 25.3 Å². The van der Waals surface area contributed by atoms with Crippen molar-refractivity contribution in [2.24, 2.45) is 0 Å². The van der Waals surface area contributed by atoms with Crippen molar-refractivity contribution in [1.29, 1.82) is 0 Å². The Morgan fingerprint density at radius 1 is 1.16 bits per heavy atom. The minimum Gasteiger partial charge on any atom is -0.496 e. The first-order chi connectivity index (χ1) is 11.8. The number of nitrogens with one attached hydrogen (secondary N) is 1. The van der Waals surface area contributed by atoms with Crippen LogP contribution in [0.5, 0.6) is 11.5 Å². The Hall–Kier alpha value is -2.48. The number of amides is 1. The molecule has 2 aromatic rings. The lowest BCUT2D eigenvalue weighted by Gasteiger charge is -2.09. The van der Waals surface area contributed by atoms with E-state index in [9.17, 15) is 18.0 Å². The predicted molar refractivity (Wildman–Crippen MR) is 91.5 cm³/mol. The summed E-state index contributed by atoms with van der Waals surface area (Å²) in [6.07, 6.45) is -1.89. The Bertz CT molecular complexity index is 774. The van der Waals surface area contributed by atoms with Crippen LogP contribution in [0.25, 0.3) is 6.08 Å². The maximum atomic E-state index is 12.1. The molecule has 0 radical (unpaired) electrons. The van der Waals surface area contributed by atoms with Crippen molar-refractivity contribution in [3.8, 4) is 11.5 Å². The van der Waals surface area contributed by atoms with Gasteiger partial charge in [-0.1, -0.05) is 15.9 Å². The van der Waals surface area contributed by atoms with Crippen LogP contribution in [-0.4, -0.2) is 19.4 Å². The molecule has 0 atom stereocenters. The van der Waals surface area contributed by atoms with Crippen LogP contribution in [0.1, 0.15) is 5.56 Å². The second-order valence-electron chi connectivity index (χ2n) is 4.78. The van der Waals surface area contributed by atoms with E-state index in [4.69, 9.17) is 4.74 Å². The molecule has 132 valence electrons. The molecule has 0 heterocycles. The average molecular weight is 416 g/mol. The van der Waals surface area contributed by atoms with Crippen molar-refractivity contribution in [2.45, 2.75) is 6.36 Å². The van der Waals surface area contributed by atoms with Gasteiger partial charge in [-0.25, -0.2) is 0 Å². The Kier molecular flexibility index (Phi) is 6.08. The second-order valence-corrected chi connectivity index (χ2v) is 5.70. The molecule has 2 aromatic carbocycles. The number of alkyl halides is 3. The highest BCUT2D eigenvalue weighted by molar-refractivity contribution is 9.10. The molecule has 25 heavy (non-hydrogen) atoms. The third-order valence-corrected chi connectivity index (χ3v) is 3.45. The lowest BCUT2D eigenvalue weighted by molar-refractivity contribution is -0.274. The zero-order valence-electron chi connectivity index (χ0n) is 12.9. The first kappa shape index (κ1) is 18.9. The lowest BCUT2D eigenvalue weighted by Crippen LogP contribution is -2.17. The van der Waals surface area contributed by atoms with Crippen LogP contribution in [0, 0.1) is 0 Å². The smallest absolute Gasteiger partial charge is 0.496 e. The Morgan fingerprint density at radius 3 is 2.44 bits per heavy atom. The SMILES string of the molecule is COc1ccc(Br)cc1/C=C/C(=O)Nc1ccc(OC(F)(F)F)cc1. The van der Waals surface area contributed by atoms with Gasteiger partial charge in [-0.05, 0) is 48.5 Å². The number of ether oxygens (including phenoxy) is 2. The number of anilines is 1. The number of halogens is 4. The Labute approximate surface area is 150 Å². The van der Waals surface area contributed by atoms with Gasteiger partial charge in [0.25, 0.3) is 0 Å². The summed E-state index contributed by atoms with van der Waals surface area (Å²) in [6, 6.07) is 10.2. The van der Waals surface area contributed by atoms with Gasteiger partial charge in [0.15, 0.2) is 0 Å². The maximum Gasteiger partial charge on any atom is 0.573 e. The molecule has 0 aliphatic heterocycles. The quantitative estimate of drug-likeness (QED) is 0.698. The standard InChI is InChI=1S/C17H13BrF3NO3/c1-24-15-8-3-12(18)10-11(15)2-9-16(23)22-13-4-6-14(7-5-13)25-17(19,20)21/h2-10H,1H3,(H,22,23)/b9-2+. The number of carbonyl (C=O) groups is 1. The minimum atomic E-state index is -4.75. The minimum absolute atomic E-state index is 0.338. The van der Waals surface area contributed by atoms with Gasteiger partial charge in [0, 0.05) is 21.8 Å². The first-order valence-electron chi connectivity index (χ1n) is 6.95. The summed E-state index contributed by atoms with van der Waals surface area (Å²) < 4.78 is 46.0. The average Bonchev–Trinajstić information content (AvgIpc) is 2.53. The van der Waals surface area contributed by atoms with Gasteiger partial charge in [0.2, 0.25) is 5.91 Å². The van der Waals surface area contributed by atoms with E-state index in [1.807, 2.05) is 0 Å². The van der Waals surface area contributed by atoms with Gasteiger partial charge in [-0.3, -0.25) is 4.79 Å². The fourth-order valence-corrected chi connectivity index (χ4v) is 2.30.